The molecule has 0 radical (unpaired) electrons. The van der Waals surface area contributed by atoms with Gasteiger partial charge in [0.2, 0.25) is 0 Å². The van der Waals surface area contributed by atoms with E-state index < -0.39 is 0 Å². The number of pyridine rings is 1. The quantitative estimate of drug-likeness (QED) is 0.560. The van der Waals surface area contributed by atoms with Crippen LogP contribution in [0.15, 0.2) is 30.5 Å². The van der Waals surface area contributed by atoms with Gasteiger partial charge in [0.05, 0.1) is 11.9 Å². The first-order chi connectivity index (χ1) is 8.70. The van der Waals surface area contributed by atoms with Crippen LogP contribution in [0, 0.1) is 11.8 Å². The molecule has 1 aromatic rings. The Kier molecular flexibility index (Phi) is 2.91. The second kappa shape index (κ2) is 4.57. The standard InChI is InChI=1S/C13H16N4S/c14-12-4-3-10(7-15-12)16-13(18)17-11-6-8-1-2-9(11)5-8/h1-4,7-9,11H,5-6H2,(H2,14,15)(H2,16,17,18)/t8-,9+,11+/m0/s1. The number of nitrogens with two attached hydrogens (primary N) is 1. The monoisotopic (exact) mass is 260 g/mol. The predicted octanol–water partition coefficient (Wildman–Crippen LogP) is 1.91. The molecular weight excluding hydrogens is 244 g/mol. The van der Waals surface area contributed by atoms with Crippen molar-refractivity contribution in [1.29, 1.82) is 0 Å². The van der Waals surface area contributed by atoms with E-state index in [0.29, 0.717) is 22.9 Å². The molecule has 0 spiro atoms. The Bertz CT molecular complexity index is 482. The Morgan fingerprint density at radius 3 is 2.83 bits per heavy atom. The van der Waals surface area contributed by atoms with Crippen molar-refractivity contribution >= 4 is 28.8 Å². The van der Waals surface area contributed by atoms with Gasteiger partial charge in [-0.2, -0.15) is 0 Å². The minimum absolute atomic E-state index is 0.474. The van der Waals surface area contributed by atoms with Crippen molar-refractivity contribution < 1.29 is 0 Å². The summed E-state index contributed by atoms with van der Waals surface area (Å²) < 4.78 is 0. The van der Waals surface area contributed by atoms with Gasteiger partial charge in [-0.25, -0.2) is 4.98 Å². The molecule has 0 unspecified atom stereocenters. The Labute approximate surface area is 112 Å². The number of thiocarbonyl (C=S) groups is 1. The summed E-state index contributed by atoms with van der Waals surface area (Å²) in [6.07, 6.45) is 8.76. The topological polar surface area (TPSA) is 63.0 Å². The Morgan fingerprint density at radius 1 is 1.33 bits per heavy atom. The third-order valence-electron chi connectivity index (χ3n) is 3.64. The highest BCUT2D eigenvalue weighted by molar-refractivity contribution is 7.80. The van der Waals surface area contributed by atoms with E-state index in [1.165, 1.54) is 12.8 Å². The van der Waals surface area contributed by atoms with Gasteiger partial charge in [-0.3, -0.25) is 0 Å². The number of aromatic nitrogens is 1. The summed E-state index contributed by atoms with van der Waals surface area (Å²) in [6, 6.07) is 4.10. The van der Waals surface area contributed by atoms with Gasteiger partial charge in [0.15, 0.2) is 5.11 Å². The third-order valence-corrected chi connectivity index (χ3v) is 3.86. The van der Waals surface area contributed by atoms with Crippen molar-refractivity contribution in [2.45, 2.75) is 18.9 Å². The summed E-state index contributed by atoms with van der Waals surface area (Å²) in [5.74, 6) is 1.89. The van der Waals surface area contributed by atoms with Crippen molar-refractivity contribution in [2.75, 3.05) is 11.1 Å². The molecule has 18 heavy (non-hydrogen) atoms. The molecule has 0 saturated heterocycles. The van der Waals surface area contributed by atoms with Gasteiger partial charge >= 0.3 is 0 Å². The lowest BCUT2D eigenvalue weighted by molar-refractivity contribution is 0.526. The summed E-state index contributed by atoms with van der Waals surface area (Å²) >= 11 is 5.32. The fourth-order valence-corrected chi connectivity index (χ4v) is 3.03. The van der Waals surface area contributed by atoms with E-state index in [2.05, 4.69) is 27.8 Å². The number of hydrogen-bond acceptors (Lipinski definition) is 3. The molecule has 1 heterocycles. The number of nitrogens with zero attached hydrogens (tertiary/aromatic N) is 1. The van der Waals surface area contributed by atoms with Crippen LogP contribution in [-0.2, 0) is 0 Å². The van der Waals surface area contributed by atoms with Crippen LogP contribution in [-0.4, -0.2) is 16.1 Å². The second-order valence-corrected chi connectivity index (χ2v) is 5.37. The molecule has 4 N–H and O–H groups in total. The lowest BCUT2D eigenvalue weighted by Gasteiger charge is -2.21. The first kappa shape index (κ1) is 11.5. The van der Waals surface area contributed by atoms with E-state index >= 15 is 0 Å². The number of rotatable bonds is 2. The summed E-state index contributed by atoms with van der Waals surface area (Å²) in [4.78, 5) is 4.02. The molecule has 1 aromatic heterocycles. The summed E-state index contributed by atoms with van der Waals surface area (Å²) in [7, 11) is 0. The van der Waals surface area contributed by atoms with Crippen molar-refractivity contribution in [3.05, 3.63) is 30.5 Å². The van der Waals surface area contributed by atoms with E-state index in [4.69, 9.17) is 18.0 Å². The molecule has 2 bridgehead atoms. The molecule has 2 aliphatic rings. The zero-order valence-electron chi connectivity index (χ0n) is 9.97. The highest BCUT2D eigenvalue weighted by Gasteiger charge is 2.35. The average molecular weight is 260 g/mol. The van der Waals surface area contributed by atoms with E-state index in [0.717, 1.165) is 11.6 Å². The van der Waals surface area contributed by atoms with Gasteiger partial charge in [-0.05, 0) is 49.0 Å². The largest absolute Gasteiger partial charge is 0.384 e. The van der Waals surface area contributed by atoms with Gasteiger partial charge in [0.1, 0.15) is 5.82 Å². The Hall–Kier alpha value is -1.62. The van der Waals surface area contributed by atoms with Crippen LogP contribution in [0.25, 0.3) is 0 Å². The molecule has 5 heteroatoms. The minimum atomic E-state index is 0.474. The number of nitrogen functional groups attached to an aromatic ring is 1. The van der Waals surface area contributed by atoms with Crippen molar-refractivity contribution in [3.63, 3.8) is 0 Å². The van der Waals surface area contributed by atoms with E-state index in [1.807, 2.05) is 6.07 Å². The fourth-order valence-electron chi connectivity index (χ4n) is 2.76. The number of fused-ring (bicyclic) bond motifs is 2. The lowest BCUT2D eigenvalue weighted by Crippen LogP contribution is -2.40. The van der Waals surface area contributed by atoms with Crippen LogP contribution < -0.4 is 16.4 Å². The lowest BCUT2D eigenvalue weighted by atomic mass is 10.0. The molecule has 0 aliphatic heterocycles. The maximum absolute atomic E-state index is 5.54. The third kappa shape index (κ3) is 2.31. The molecule has 4 nitrogen and oxygen atoms in total. The van der Waals surface area contributed by atoms with Crippen LogP contribution in [0.3, 0.4) is 0 Å². The summed E-state index contributed by atoms with van der Waals surface area (Å²) in [6.45, 7) is 0. The van der Waals surface area contributed by atoms with Gasteiger partial charge in [-0.1, -0.05) is 12.2 Å². The average Bonchev–Trinajstić information content (AvgIpc) is 2.94. The van der Waals surface area contributed by atoms with E-state index in [1.54, 1.807) is 12.3 Å². The predicted molar refractivity (Wildman–Crippen MR) is 77.1 cm³/mol. The molecule has 0 amide bonds. The molecule has 3 atom stereocenters. The maximum Gasteiger partial charge on any atom is 0.171 e. The van der Waals surface area contributed by atoms with Crippen LogP contribution in [0.4, 0.5) is 11.5 Å². The SMILES string of the molecule is Nc1ccc(NC(=S)N[C@@H]2C[C@H]3C=C[C@@H]2C3)cn1. The van der Waals surface area contributed by atoms with Crippen molar-refractivity contribution in [3.8, 4) is 0 Å². The van der Waals surface area contributed by atoms with Gasteiger partial charge < -0.3 is 16.4 Å². The molecule has 3 rings (SSSR count). The Balaban J connectivity index is 1.56. The maximum atomic E-state index is 5.54. The molecule has 1 fully saturated rings. The molecule has 94 valence electrons. The van der Waals surface area contributed by atoms with Crippen LogP contribution in [0.1, 0.15) is 12.8 Å². The van der Waals surface area contributed by atoms with Crippen LogP contribution in [0.5, 0.6) is 0 Å². The zero-order valence-corrected chi connectivity index (χ0v) is 10.8. The number of nitrogens with one attached hydrogen (secondary N) is 2. The number of anilines is 2. The molecule has 0 aromatic carbocycles. The smallest absolute Gasteiger partial charge is 0.171 e. The highest BCUT2D eigenvalue weighted by Crippen LogP contribution is 2.38. The minimum Gasteiger partial charge on any atom is -0.384 e. The van der Waals surface area contributed by atoms with Crippen LogP contribution in [0.2, 0.25) is 0 Å². The molecule has 1 saturated carbocycles. The van der Waals surface area contributed by atoms with Gasteiger partial charge in [-0.15, -0.1) is 0 Å². The van der Waals surface area contributed by atoms with Crippen molar-refractivity contribution in [2.24, 2.45) is 11.8 Å². The van der Waals surface area contributed by atoms with Gasteiger partial charge in [0.25, 0.3) is 0 Å². The van der Waals surface area contributed by atoms with Crippen LogP contribution >= 0.6 is 12.2 Å². The first-order valence-corrected chi connectivity index (χ1v) is 6.59. The van der Waals surface area contributed by atoms with E-state index in [-0.39, 0.29) is 0 Å². The zero-order chi connectivity index (χ0) is 12.5. The van der Waals surface area contributed by atoms with E-state index in [9.17, 15) is 0 Å². The fraction of sp³-hybridized carbons (Fsp3) is 0.385. The van der Waals surface area contributed by atoms with Crippen molar-refractivity contribution in [1.82, 2.24) is 10.3 Å². The molecule has 2 aliphatic carbocycles. The Morgan fingerprint density at radius 2 is 2.22 bits per heavy atom. The second-order valence-electron chi connectivity index (χ2n) is 4.96. The molecular formula is C13H16N4S. The normalized spacial score (nSPS) is 28.3. The summed E-state index contributed by atoms with van der Waals surface area (Å²) in [5, 5.41) is 7.18. The first-order valence-electron chi connectivity index (χ1n) is 6.18. The number of allylic oxidation sites excluding steroid dienone is 1. The highest BCUT2D eigenvalue weighted by atomic mass is 32.1. The summed E-state index contributed by atoms with van der Waals surface area (Å²) in [5.41, 5.74) is 6.40. The number of hydrogen-bond donors (Lipinski definition) is 3. The van der Waals surface area contributed by atoms with Gasteiger partial charge in [0, 0.05) is 6.04 Å².